The fraction of sp³-hybridized carbons (Fsp3) is 0. The number of aromatic nitrogens is 1. The molecule has 0 unspecified atom stereocenters. The average molecular weight is 393 g/mol. The van der Waals surface area contributed by atoms with Crippen LogP contribution in [0.15, 0.2) is 52.8 Å². The molecular weight excluding hydrogens is 382 g/mol. The first-order valence-electron chi connectivity index (χ1n) is 6.34. The molecule has 116 valence electrons. The molecule has 4 N–H and O–H groups in total. The Morgan fingerprint density at radius 3 is 2.83 bits per heavy atom. The van der Waals surface area contributed by atoms with Gasteiger partial charge in [0.1, 0.15) is 17.5 Å². The van der Waals surface area contributed by atoms with E-state index in [1.807, 2.05) is 6.07 Å². The van der Waals surface area contributed by atoms with Crippen molar-refractivity contribution in [3.05, 3.63) is 57.8 Å². The van der Waals surface area contributed by atoms with Gasteiger partial charge >= 0.3 is 0 Å². The molecule has 1 aromatic heterocycles. The second kappa shape index (κ2) is 7.63. The largest absolute Gasteiger partial charge is 0.399 e. The van der Waals surface area contributed by atoms with Gasteiger partial charge in [0.25, 0.3) is 5.91 Å². The summed E-state index contributed by atoms with van der Waals surface area (Å²) < 4.78 is 0.819. The fourth-order valence-electron chi connectivity index (χ4n) is 1.60. The maximum atomic E-state index is 12.1. The van der Waals surface area contributed by atoms with Crippen LogP contribution in [0.25, 0.3) is 0 Å². The highest BCUT2D eigenvalue weighted by Gasteiger charge is 2.11. The van der Waals surface area contributed by atoms with Crippen molar-refractivity contribution in [2.45, 2.75) is 0 Å². The van der Waals surface area contributed by atoms with Gasteiger partial charge in [-0.05, 0) is 30.3 Å². The number of pyridine rings is 1. The fourth-order valence-corrected chi connectivity index (χ4v) is 2.17. The number of nitrogen functional groups attached to an aromatic ring is 1. The number of nitrogens with zero attached hydrogens (tertiary/aromatic N) is 2. The first-order chi connectivity index (χ1) is 11.0. The van der Waals surface area contributed by atoms with Crippen molar-refractivity contribution in [3.8, 4) is 6.07 Å². The zero-order valence-corrected chi connectivity index (χ0v) is 14.0. The molecule has 1 amide bonds. The van der Waals surface area contributed by atoms with Crippen molar-refractivity contribution in [2.24, 2.45) is 0 Å². The Bertz CT molecular complexity index is 816. The smallest absolute Gasteiger partial charge is 0.267 e. The van der Waals surface area contributed by atoms with E-state index in [1.165, 1.54) is 12.3 Å². The lowest BCUT2D eigenvalue weighted by atomic mass is 10.2. The van der Waals surface area contributed by atoms with Crippen LogP contribution >= 0.6 is 27.5 Å². The van der Waals surface area contributed by atoms with Gasteiger partial charge in [0.2, 0.25) is 0 Å². The molecule has 8 heteroatoms. The van der Waals surface area contributed by atoms with E-state index in [0.29, 0.717) is 17.2 Å². The first kappa shape index (κ1) is 16.8. The normalized spacial score (nSPS) is 10.7. The van der Waals surface area contributed by atoms with Crippen LogP contribution in [0.3, 0.4) is 0 Å². The maximum Gasteiger partial charge on any atom is 0.267 e. The van der Waals surface area contributed by atoms with Gasteiger partial charge in [-0.2, -0.15) is 5.26 Å². The predicted octanol–water partition coefficient (Wildman–Crippen LogP) is 3.54. The van der Waals surface area contributed by atoms with Crippen LogP contribution in [0.1, 0.15) is 0 Å². The van der Waals surface area contributed by atoms with E-state index >= 15 is 0 Å². The molecule has 2 rings (SSSR count). The van der Waals surface area contributed by atoms with Crippen molar-refractivity contribution >= 4 is 50.6 Å². The molecule has 1 aromatic carbocycles. The van der Waals surface area contributed by atoms with Crippen molar-refractivity contribution in [1.29, 1.82) is 5.26 Å². The molecule has 0 radical (unpaired) electrons. The minimum Gasteiger partial charge on any atom is -0.399 e. The molecular formula is C15H11BrClN5O. The quantitative estimate of drug-likeness (QED) is 0.419. The zero-order chi connectivity index (χ0) is 16.8. The lowest BCUT2D eigenvalue weighted by molar-refractivity contribution is -0.112. The molecule has 0 spiro atoms. The lowest BCUT2D eigenvalue weighted by Crippen LogP contribution is -2.15. The van der Waals surface area contributed by atoms with Crippen LogP contribution in [0.2, 0.25) is 5.02 Å². The first-order valence-corrected chi connectivity index (χ1v) is 7.51. The number of rotatable bonds is 4. The summed E-state index contributed by atoms with van der Waals surface area (Å²) >= 11 is 9.29. The molecule has 0 aliphatic carbocycles. The highest BCUT2D eigenvalue weighted by atomic mass is 79.9. The Kier molecular flexibility index (Phi) is 5.57. The Hall–Kier alpha value is -2.56. The average Bonchev–Trinajstić information content (AvgIpc) is 2.51. The number of carbonyl (C=O) groups is 1. The number of nitrogens with one attached hydrogen (secondary N) is 2. The van der Waals surface area contributed by atoms with Crippen LogP contribution in [-0.2, 0) is 4.79 Å². The molecule has 0 fully saturated rings. The monoisotopic (exact) mass is 391 g/mol. The standard InChI is InChI=1S/C15H11BrClN5O/c16-10-3-4-20-14(5-10)21-8-9(7-18)15(23)22-13-2-1-11(19)6-12(13)17/h1-6,8H,19H2,(H,20,21)(H,22,23)/b9-8-. The van der Waals surface area contributed by atoms with Gasteiger partial charge in [-0.15, -0.1) is 0 Å². The van der Waals surface area contributed by atoms with Crippen molar-refractivity contribution < 1.29 is 4.79 Å². The van der Waals surface area contributed by atoms with Crippen LogP contribution in [0.5, 0.6) is 0 Å². The molecule has 0 aliphatic heterocycles. The zero-order valence-electron chi connectivity index (χ0n) is 11.7. The van der Waals surface area contributed by atoms with Gasteiger partial charge < -0.3 is 16.4 Å². The summed E-state index contributed by atoms with van der Waals surface area (Å²) in [4.78, 5) is 16.2. The van der Waals surface area contributed by atoms with Gasteiger partial charge in [-0.1, -0.05) is 27.5 Å². The molecule has 0 saturated heterocycles. The van der Waals surface area contributed by atoms with E-state index in [0.717, 1.165) is 4.47 Å². The van der Waals surface area contributed by atoms with Gasteiger partial charge in [0.15, 0.2) is 0 Å². The van der Waals surface area contributed by atoms with Crippen LogP contribution in [0, 0.1) is 11.3 Å². The minimum absolute atomic E-state index is 0.125. The van der Waals surface area contributed by atoms with Crippen molar-refractivity contribution in [3.63, 3.8) is 0 Å². The number of anilines is 3. The molecule has 23 heavy (non-hydrogen) atoms. The Morgan fingerprint density at radius 1 is 1.39 bits per heavy atom. The summed E-state index contributed by atoms with van der Waals surface area (Å²) in [5, 5.41) is 14.7. The predicted molar refractivity (Wildman–Crippen MR) is 93.7 cm³/mol. The molecule has 0 bridgehead atoms. The van der Waals surface area contributed by atoms with E-state index in [-0.39, 0.29) is 10.6 Å². The van der Waals surface area contributed by atoms with Crippen molar-refractivity contribution in [1.82, 2.24) is 4.98 Å². The Labute approximate surface area is 146 Å². The number of hydrogen-bond donors (Lipinski definition) is 3. The molecule has 1 heterocycles. The van der Waals surface area contributed by atoms with E-state index < -0.39 is 5.91 Å². The summed E-state index contributed by atoms with van der Waals surface area (Å²) in [7, 11) is 0. The Balaban J connectivity index is 2.12. The third-order valence-corrected chi connectivity index (χ3v) is 3.50. The molecule has 0 atom stereocenters. The second-order valence-electron chi connectivity index (χ2n) is 4.37. The highest BCUT2D eigenvalue weighted by Crippen LogP contribution is 2.24. The van der Waals surface area contributed by atoms with Crippen molar-refractivity contribution in [2.75, 3.05) is 16.4 Å². The highest BCUT2D eigenvalue weighted by molar-refractivity contribution is 9.10. The lowest BCUT2D eigenvalue weighted by Gasteiger charge is -2.07. The minimum atomic E-state index is -0.596. The third-order valence-electron chi connectivity index (χ3n) is 2.69. The number of hydrogen-bond acceptors (Lipinski definition) is 5. The molecule has 0 saturated carbocycles. The topological polar surface area (TPSA) is 104 Å². The number of nitriles is 1. The maximum absolute atomic E-state index is 12.1. The second-order valence-corrected chi connectivity index (χ2v) is 5.69. The van der Waals surface area contributed by atoms with E-state index in [9.17, 15) is 4.79 Å². The number of halogens is 2. The van der Waals surface area contributed by atoms with Gasteiger partial charge in [0, 0.05) is 22.6 Å². The van der Waals surface area contributed by atoms with Gasteiger partial charge in [-0.3, -0.25) is 4.79 Å². The van der Waals surface area contributed by atoms with Gasteiger partial charge in [-0.25, -0.2) is 4.98 Å². The summed E-state index contributed by atoms with van der Waals surface area (Å²) in [6, 6.07) is 9.96. The number of nitrogens with two attached hydrogens (primary N) is 1. The summed E-state index contributed by atoms with van der Waals surface area (Å²) in [6.07, 6.45) is 2.86. The molecule has 6 nitrogen and oxygen atoms in total. The SMILES string of the molecule is N#C/C(=C/Nc1cc(Br)ccn1)C(=O)Nc1ccc(N)cc1Cl. The summed E-state index contributed by atoms with van der Waals surface area (Å²) in [5.41, 5.74) is 6.31. The molecule has 0 aliphatic rings. The van der Waals surface area contributed by atoms with E-state index in [1.54, 1.807) is 30.5 Å². The number of carbonyl (C=O) groups excluding carboxylic acids is 1. The van der Waals surface area contributed by atoms with Crippen LogP contribution in [0.4, 0.5) is 17.2 Å². The number of amides is 1. The van der Waals surface area contributed by atoms with Gasteiger partial charge in [0.05, 0.1) is 10.7 Å². The van der Waals surface area contributed by atoms with E-state index in [2.05, 4.69) is 31.5 Å². The number of benzene rings is 1. The van der Waals surface area contributed by atoms with Crippen LogP contribution < -0.4 is 16.4 Å². The molecule has 2 aromatic rings. The van der Waals surface area contributed by atoms with Crippen LogP contribution in [-0.4, -0.2) is 10.9 Å². The Morgan fingerprint density at radius 2 is 2.17 bits per heavy atom. The van der Waals surface area contributed by atoms with E-state index in [4.69, 9.17) is 22.6 Å². The summed E-state index contributed by atoms with van der Waals surface area (Å²) in [6.45, 7) is 0. The summed E-state index contributed by atoms with van der Waals surface area (Å²) in [5.74, 6) is -0.105. The third kappa shape index (κ3) is 4.71.